The summed E-state index contributed by atoms with van der Waals surface area (Å²) in [7, 11) is -0.613. The van der Waals surface area contributed by atoms with Gasteiger partial charge < -0.3 is 10.7 Å². The molecule has 1 heterocycles. The number of nitrogens with two attached hydrogens (primary N) is 1. The monoisotopic (exact) mass is 207 g/mol. The Morgan fingerprint density at radius 2 is 2.08 bits per heavy atom. The van der Waals surface area contributed by atoms with E-state index in [1.54, 1.807) is 0 Å². The van der Waals surface area contributed by atoms with Gasteiger partial charge in [0.1, 0.15) is 0 Å². The average Bonchev–Trinajstić information content (AvgIpc) is 2.09. The van der Waals surface area contributed by atoms with Crippen molar-refractivity contribution in [1.29, 1.82) is 0 Å². The molecule has 12 heavy (non-hydrogen) atoms. The lowest BCUT2D eigenvalue weighted by Crippen LogP contribution is -2.46. The minimum absolute atomic E-state index is 0.339. The highest BCUT2D eigenvalue weighted by Gasteiger charge is 2.17. The zero-order valence-corrected chi connectivity index (χ0v) is 8.34. The average molecular weight is 207 g/mol. The molecular formula is C6H13N3OS2. The maximum absolute atomic E-state index is 11.0. The van der Waals surface area contributed by atoms with Crippen LogP contribution in [0.25, 0.3) is 0 Å². The van der Waals surface area contributed by atoms with E-state index in [1.807, 2.05) is 0 Å². The van der Waals surface area contributed by atoms with Crippen molar-refractivity contribution in [1.82, 2.24) is 10.7 Å². The number of hydrogen-bond donors (Lipinski definition) is 3. The van der Waals surface area contributed by atoms with E-state index >= 15 is 0 Å². The Morgan fingerprint density at radius 3 is 2.58 bits per heavy atom. The van der Waals surface area contributed by atoms with Crippen LogP contribution in [-0.2, 0) is 10.8 Å². The van der Waals surface area contributed by atoms with E-state index in [4.69, 9.17) is 18.1 Å². The van der Waals surface area contributed by atoms with Gasteiger partial charge in [-0.3, -0.25) is 4.21 Å². The first kappa shape index (κ1) is 9.88. The van der Waals surface area contributed by atoms with Crippen LogP contribution in [-0.4, -0.2) is 26.9 Å². The Morgan fingerprint density at radius 1 is 1.50 bits per heavy atom. The predicted octanol–water partition coefficient (Wildman–Crippen LogP) is -0.765. The quantitative estimate of drug-likeness (QED) is 0.299. The molecule has 0 amide bonds. The van der Waals surface area contributed by atoms with Gasteiger partial charge in [-0.05, 0) is 25.1 Å². The second-order valence-electron chi connectivity index (χ2n) is 2.74. The molecule has 70 valence electrons. The molecule has 0 saturated carbocycles. The van der Waals surface area contributed by atoms with Crippen LogP contribution in [0.2, 0.25) is 0 Å². The normalized spacial score (nSPS) is 29.4. The molecule has 0 aromatic heterocycles. The van der Waals surface area contributed by atoms with Crippen LogP contribution in [0, 0.1) is 0 Å². The Hall–Kier alpha value is -0.200. The molecule has 1 aliphatic heterocycles. The minimum atomic E-state index is -0.613. The highest BCUT2D eigenvalue weighted by atomic mass is 32.2. The number of nitrogens with one attached hydrogen (secondary N) is 2. The van der Waals surface area contributed by atoms with Crippen LogP contribution in [0.5, 0.6) is 0 Å². The maximum Gasteiger partial charge on any atom is 0.180 e. The third-order valence-electron chi connectivity index (χ3n) is 1.85. The van der Waals surface area contributed by atoms with E-state index in [2.05, 4.69) is 10.7 Å². The van der Waals surface area contributed by atoms with Crippen molar-refractivity contribution in [2.75, 3.05) is 11.5 Å². The topological polar surface area (TPSA) is 67.2 Å². The summed E-state index contributed by atoms with van der Waals surface area (Å²) in [5.41, 5.74) is 2.37. The fourth-order valence-corrected chi connectivity index (χ4v) is 2.63. The van der Waals surface area contributed by atoms with Crippen molar-refractivity contribution >= 4 is 28.1 Å². The van der Waals surface area contributed by atoms with Gasteiger partial charge in [-0.15, -0.1) is 0 Å². The fraction of sp³-hybridized carbons (Fsp3) is 0.833. The second kappa shape index (κ2) is 4.74. The molecule has 1 fully saturated rings. The molecule has 0 radical (unpaired) electrons. The number of rotatable bonds is 1. The van der Waals surface area contributed by atoms with Crippen molar-refractivity contribution in [3.05, 3.63) is 0 Å². The van der Waals surface area contributed by atoms with E-state index in [1.165, 1.54) is 0 Å². The lowest BCUT2D eigenvalue weighted by molar-refractivity contribution is 0.548. The minimum Gasteiger partial charge on any atom is -0.359 e. The van der Waals surface area contributed by atoms with E-state index in [0.717, 1.165) is 24.3 Å². The van der Waals surface area contributed by atoms with Gasteiger partial charge in [-0.25, -0.2) is 5.84 Å². The molecule has 4 nitrogen and oxygen atoms in total. The number of thiocarbonyl (C=S) groups is 1. The van der Waals surface area contributed by atoms with Crippen LogP contribution in [0.3, 0.4) is 0 Å². The van der Waals surface area contributed by atoms with Crippen molar-refractivity contribution in [2.45, 2.75) is 18.9 Å². The summed E-state index contributed by atoms with van der Waals surface area (Å²) in [6, 6.07) is 0.339. The summed E-state index contributed by atoms with van der Waals surface area (Å²) in [5, 5.41) is 3.52. The van der Waals surface area contributed by atoms with Crippen molar-refractivity contribution < 1.29 is 4.21 Å². The lowest BCUT2D eigenvalue weighted by atomic mass is 10.2. The summed E-state index contributed by atoms with van der Waals surface area (Å²) in [4.78, 5) is 0. The van der Waals surface area contributed by atoms with Crippen LogP contribution < -0.4 is 16.6 Å². The van der Waals surface area contributed by atoms with Crippen molar-refractivity contribution in [3.63, 3.8) is 0 Å². The summed E-state index contributed by atoms with van der Waals surface area (Å²) in [5.74, 6) is 6.64. The number of hydrazine groups is 1. The van der Waals surface area contributed by atoms with E-state index in [-0.39, 0.29) is 0 Å². The molecule has 1 rings (SSSR count). The van der Waals surface area contributed by atoms with Crippen LogP contribution in [0.1, 0.15) is 12.8 Å². The summed E-state index contributed by atoms with van der Waals surface area (Å²) >= 11 is 4.84. The largest absolute Gasteiger partial charge is 0.359 e. The predicted molar refractivity (Wildman–Crippen MR) is 54.0 cm³/mol. The Kier molecular flexibility index (Phi) is 3.90. The lowest BCUT2D eigenvalue weighted by Gasteiger charge is -2.23. The van der Waals surface area contributed by atoms with Gasteiger partial charge in [-0.1, -0.05) is 0 Å². The summed E-state index contributed by atoms with van der Waals surface area (Å²) in [6.45, 7) is 0. The van der Waals surface area contributed by atoms with Crippen LogP contribution in [0.4, 0.5) is 0 Å². The summed E-state index contributed by atoms with van der Waals surface area (Å²) in [6.07, 6.45) is 1.82. The fourth-order valence-electron chi connectivity index (χ4n) is 1.17. The molecule has 0 bridgehead atoms. The van der Waals surface area contributed by atoms with Crippen LogP contribution in [0.15, 0.2) is 0 Å². The molecular weight excluding hydrogens is 194 g/mol. The van der Waals surface area contributed by atoms with E-state index < -0.39 is 10.8 Å². The molecule has 0 aliphatic carbocycles. The highest BCUT2D eigenvalue weighted by molar-refractivity contribution is 7.85. The van der Waals surface area contributed by atoms with Gasteiger partial charge in [0, 0.05) is 28.3 Å². The van der Waals surface area contributed by atoms with Gasteiger partial charge in [0.25, 0.3) is 0 Å². The van der Waals surface area contributed by atoms with Gasteiger partial charge in [0.2, 0.25) is 0 Å². The third kappa shape index (κ3) is 3.04. The zero-order valence-electron chi connectivity index (χ0n) is 6.71. The summed E-state index contributed by atoms with van der Waals surface area (Å²) < 4.78 is 11.0. The molecule has 0 unspecified atom stereocenters. The number of hydrogen-bond acceptors (Lipinski definition) is 3. The third-order valence-corrected chi connectivity index (χ3v) is 3.47. The maximum atomic E-state index is 11.0. The van der Waals surface area contributed by atoms with Crippen molar-refractivity contribution in [2.24, 2.45) is 5.84 Å². The molecule has 6 heteroatoms. The Balaban J connectivity index is 2.26. The van der Waals surface area contributed by atoms with Gasteiger partial charge in [0.15, 0.2) is 5.11 Å². The second-order valence-corrected chi connectivity index (χ2v) is 4.84. The molecule has 0 aromatic carbocycles. The highest BCUT2D eigenvalue weighted by Crippen LogP contribution is 2.08. The van der Waals surface area contributed by atoms with Crippen LogP contribution >= 0.6 is 12.2 Å². The molecule has 1 aliphatic rings. The zero-order chi connectivity index (χ0) is 8.97. The molecule has 0 spiro atoms. The first-order chi connectivity index (χ1) is 5.72. The Labute approximate surface area is 79.7 Å². The molecule has 1 saturated heterocycles. The Bertz CT molecular complexity index is 187. The standard InChI is InChI=1S/C6H13N3OS2/c7-9-6(11)8-5-1-3-12(10)4-2-5/h5H,1-4,7H2,(H2,8,9,11). The van der Waals surface area contributed by atoms with Gasteiger partial charge in [0.05, 0.1) is 0 Å². The molecule has 4 N–H and O–H groups in total. The molecule has 0 aromatic rings. The van der Waals surface area contributed by atoms with E-state index in [0.29, 0.717) is 11.2 Å². The molecule has 0 atom stereocenters. The van der Waals surface area contributed by atoms with Gasteiger partial charge in [-0.2, -0.15) is 0 Å². The van der Waals surface area contributed by atoms with E-state index in [9.17, 15) is 4.21 Å². The smallest absolute Gasteiger partial charge is 0.180 e. The van der Waals surface area contributed by atoms with Gasteiger partial charge >= 0.3 is 0 Å². The van der Waals surface area contributed by atoms with Crippen molar-refractivity contribution in [3.8, 4) is 0 Å². The first-order valence-corrected chi connectivity index (χ1v) is 5.74. The SMILES string of the molecule is NNC(=S)NC1CCS(=O)CC1. The first-order valence-electron chi connectivity index (χ1n) is 3.84.